The molecular weight excluding hydrogens is 228 g/mol. The van der Waals surface area contributed by atoms with Crippen molar-refractivity contribution >= 4 is 6.09 Å². The summed E-state index contributed by atoms with van der Waals surface area (Å²) < 4.78 is 5.50. The van der Waals surface area contributed by atoms with Gasteiger partial charge in [-0.25, -0.2) is 4.79 Å². The molecule has 3 rings (SSSR count). The second-order valence-electron chi connectivity index (χ2n) is 5.19. The van der Waals surface area contributed by atoms with E-state index in [0.717, 1.165) is 19.5 Å². The molecule has 2 aliphatic rings. The minimum absolute atomic E-state index is 0.261. The number of hydrogen-bond acceptors (Lipinski definition) is 3. The van der Waals surface area contributed by atoms with Gasteiger partial charge in [0.25, 0.3) is 0 Å². The maximum atomic E-state index is 11.3. The van der Waals surface area contributed by atoms with E-state index in [-0.39, 0.29) is 17.7 Å². The summed E-state index contributed by atoms with van der Waals surface area (Å²) in [6.07, 6.45) is 0.642. The molecule has 1 amide bonds. The zero-order valence-corrected chi connectivity index (χ0v) is 10.6. The van der Waals surface area contributed by atoms with Crippen molar-refractivity contribution in [3.8, 4) is 0 Å². The molecule has 2 aliphatic heterocycles. The van der Waals surface area contributed by atoms with Gasteiger partial charge in [0.15, 0.2) is 0 Å². The average molecular weight is 246 g/mol. The molecule has 1 aromatic carbocycles. The zero-order valence-electron chi connectivity index (χ0n) is 10.6. The van der Waals surface area contributed by atoms with E-state index in [1.54, 1.807) is 0 Å². The van der Waals surface area contributed by atoms with Crippen LogP contribution in [0.4, 0.5) is 4.79 Å². The van der Waals surface area contributed by atoms with Crippen LogP contribution in [-0.2, 0) is 11.3 Å². The third kappa shape index (κ3) is 1.86. The van der Waals surface area contributed by atoms with Crippen molar-refractivity contribution < 1.29 is 9.53 Å². The van der Waals surface area contributed by atoms with E-state index in [1.165, 1.54) is 5.56 Å². The maximum Gasteiger partial charge on any atom is 0.407 e. The molecular formula is C14H18N2O2. The van der Waals surface area contributed by atoms with Gasteiger partial charge in [-0.15, -0.1) is 0 Å². The Balaban J connectivity index is 1.71. The number of rotatable bonds is 2. The van der Waals surface area contributed by atoms with Gasteiger partial charge in [0.1, 0.15) is 5.60 Å². The topological polar surface area (TPSA) is 41.6 Å². The molecule has 0 radical (unpaired) electrons. The molecule has 2 atom stereocenters. The van der Waals surface area contributed by atoms with Gasteiger partial charge in [-0.1, -0.05) is 30.3 Å². The van der Waals surface area contributed by atoms with E-state index < -0.39 is 0 Å². The minimum Gasteiger partial charge on any atom is -0.439 e. The van der Waals surface area contributed by atoms with Gasteiger partial charge in [0.2, 0.25) is 0 Å². The van der Waals surface area contributed by atoms with Crippen LogP contribution in [0.5, 0.6) is 0 Å². The lowest BCUT2D eigenvalue weighted by Crippen LogP contribution is -2.45. The summed E-state index contributed by atoms with van der Waals surface area (Å²) in [4.78, 5) is 13.6. The molecule has 0 aromatic heterocycles. The van der Waals surface area contributed by atoms with Gasteiger partial charge in [-0.2, -0.15) is 0 Å². The molecule has 2 unspecified atom stereocenters. The second kappa shape index (κ2) is 4.28. The highest BCUT2D eigenvalue weighted by Gasteiger charge is 2.51. The Morgan fingerprint density at radius 3 is 2.89 bits per heavy atom. The van der Waals surface area contributed by atoms with Gasteiger partial charge in [0.05, 0.1) is 6.54 Å². The summed E-state index contributed by atoms with van der Waals surface area (Å²) in [6.45, 7) is 4.68. The average Bonchev–Trinajstić information content (AvgIpc) is 2.90. The zero-order chi connectivity index (χ0) is 12.6. The highest BCUT2D eigenvalue weighted by molar-refractivity contribution is 5.70. The minimum atomic E-state index is -0.314. The highest BCUT2D eigenvalue weighted by Crippen LogP contribution is 2.35. The number of benzene rings is 1. The van der Waals surface area contributed by atoms with Crippen molar-refractivity contribution in [2.24, 2.45) is 0 Å². The Bertz CT molecular complexity index is 448. The molecule has 4 nitrogen and oxygen atoms in total. The van der Waals surface area contributed by atoms with Crippen LogP contribution in [0.2, 0.25) is 0 Å². The highest BCUT2D eigenvalue weighted by atomic mass is 16.6. The third-order valence-corrected chi connectivity index (χ3v) is 4.19. The Kier molecular flexibility index (Phi) is 2.74. The van der Waals surface area contributed by atoms with E-state index in [9.17, 15) is 4.79 Å². The maximum absolute atomic E-state index is 11.3. The Labute approximate surface area is 107 Å². The fraction of sp³-hybridized carbons (Fsp3) is 0.500. The van der Waals surface area contributed by atoms with Crippen LogP contribution in [-0.4, -0.2) is 35.7 Å². The Morgan fingerprint density at radius 2 is 2.22 bits per heavy atom. The lowest BCUT2D eigenvalue weighted by Gasteiger charge is -2.30. The molecule has 2 fully saturated rings. The van der Waals surface area contributed by atoms with Gasteiger partial charge >= 0.3 is 6.09 Å². The number of amides is 1. The molecule has 2 heterocycles. The van der Waals surface area contributed by atoms with Crippen LogP contribution in [0.15, 0.2) is 30.3 Å². The Hall–Kier alpha value is -1.55. The van der Waals surface area contributed by atoms with Gasteiger partial charge in [-0.3, -0.25) is 4.90 Å². The van der Waals surface area contributed by atoms with Crippen LogP contribution in [0.1, 0.15) is 18.9 Å². The van der Waals surface area contributed by atoms with Crippen molar-refractivity contribution in [2.45, 2.75) is 31.5 Å². The van der Waals surface area contributed by atoms with Gasteiger partial charge in [-0.05, 0) is 12.5 Å². The monoisotopic (exact) mass is 246 g/mol. The molecule has 0 saturated carbocycles. The molecule has 18 heavy (non-hydrogen) atoms. The van der Waals surface area contributed by atoms with Gasteiger partial charge in [0, 0.05) is 25.6 Å². The largest absolute Gasteiger partial charge is 0.439 e. The summed E-state index contributed by atoms with van der Waals surface area (Å²) in [5, 5.41) is 2.78. The first-order chi connectivity index (χ1) is 8.70. The molecule has 0 aliphatic carbocycles. The number of likely N-dealkylation sites (tertiary alicyclic amines) is 1. The molecule has 96 valence electrons. The van der Waals surface area contributed by atoms with E-state index in [2.05, 4.69) is 41.4 Å². The number of nitrogens with zero attached hydrogens (tertiary/aromatic N) is 1. The number of carbonyl (C=O) groups is 1. The quantitative estimate of drug-likeness (QED) is 0.864. The fourth-order valence-electron chi connectivity index (χ4n) is 2.95. The van der Waals surface area contributed by atoms with E-state index in [1.807, 2.05) is 6.07 Å². The van der Waals surface area contributed by atoms with Crippen LogP contribution in [0.25, 0.3) is 0 Å². The van der Waals surface area contributed by atoms with E-state index in [4.69, 9.17) is 4.74 Å². The second-order valence-corrected chi connectivity index (χ2v) is 5.19. The van der Waals surface area contributed by atoms with Crippen molar-refractivity contribution in [3.63, 3.8) is 0 Å². The Morgan fingerprint density at radius 1 is 1.44 bits per heavy atom. The fourth-order valence-corrected chi connectivity index (χ4v) is 2.95. The van der Waals surface area contributed by atoms with Gasteiger partial charge < -0.3 is 10.1 Å². The lowest BCUT2D eigenvalue weighted by molar-refractivity contribution is 0.0293. The van der Waals surface area contributed by atoms with Crippen molar-refractivity contribution in [1.82, 2.24) is 10.2 Å². The van der Waals surface area contributed by atoms with Crippen LogP contribution < -0.4 is 5.32 Å². The standard InChI is InChI=1S/C14H18N2O2/c1-11-14(10-15-13(17)18-14)7-8-16(11)9-12-5-3-2-4-6-12/h2-6,11H,7-10H2,1H3,(H,15,17). The summed E-state index contributed by atoms with van der Waals surface area (Å²) >= 11 is 0. The first-order valence-electron chi connectivity index (χ1n) is 6.44. The third-order valence-electron chi connectivity index (χ3n) is 4.19. The molecule has 1 aromatic rings. The van der Waals surface area contributed by atoms with Crippen molar-refractivity contribution in [3.05, 3.63) is 35.9 Å². The number of hydrogen-bond donors (Lipinski definition) is 1. The summed E-state index contributed by atoms with van der Waals surface area (Å²) in [5.74, 6) is 0. The molecule has 4 heteroatoms. The number of carbonyl (C=O) groups excluding carboxylic acids is 1. The summed E-state index contributed by atoms with van der Waals surface area (Å²) in [6, 6.07) is 10.7. The lowest BCUT2D eigenvalue weighted by atomic mass is 9.96. The van der Waals surface area contributed by atoms with Crippen LogP contribution >= 0.6 is 0 Å². The summed E-state index contributed by atoms with van der Waals surface area (Å²) in [7, 11) is 0. The first-order valence-corrected chi connectivity index (χ1v) is 6.44. The van der Waals surface area contributed by atoms with E-state index in [0.29, 0.717) is 6.54 Å². The normalized spacial score (nSPS) is 31.6. The summed E-state index contributed by atoms with van der Waals surface area (Å²) in [5.41, 5.74) is 0.991. The van der Waals surface area contributed by atoms with Crippen LogP contribution in [0, 0.1) is 0 Å². The van der Waals surface area contributed by atoms with Crippen LogP contribution in [0.3, 0.4) is 0 Å². The van der Waals surface area contributed by atoms with Crippen molar-refractivity contribution in [2.75, 3.05) is 13.1 Å². The molecule has 2 saturated heterocycles. The number of nitrogens with one attached hydrogen (secondary N) is 1. The smallest absolute Gasteiger partial charge is 0.407 e. The first kappa shape index (κ1) is 11.5. The van der Waals surface area contributed by atoms with Crippen molar-refractivity contribution in [1.29, 1.82) is 0 Å². The van der Waals surface area contributed by atoms with E-state index >= 15 is 0 Å². The molecule has 1 N–H and O–H groups in total. The molecule has 1 spiro atoms. The SMILES string of the molecule is CC1N(Cc2ccccc2)CCC12CNC(=O)O2. The predicted octanol–water partition coefficient (Wildman–Crippen LogP) is 1.76. The predicted molar refractivity (Wildman–Crippen MR) is 68.1 cm³/mol. The number of ether oxygens (including phenoxy) is 1. The molecule has 0 bridgehead atoms. The number of alkyl carbamates (subject to hydrolysis) is 1.